The molecular weight excluding hydrogens is 212 g/mol. The van der Waals surface area contributed by atoms with Crippen molar-refractivity contribution in [1.82, 2.24) is 19.4 Å². The predicted molar refractivity (Wildman–Crippen MR) is 56.5 cm³/mol. The average molecular weight is 224 g/mol. The zero-order valence-corrected chi connectivity index (χ0v) is 9.18. The van der Waals surface area contributed by atoms with E-state index in [1.165, 1.54) is 11.5 Å². The van der Waals surface area contributed by atoms with Gasteiger partial charge in [-0.25, -0.2) is 0 Å². The van der Waals surface area contributed by atoms with Crippen molar-refractivity contribution >= 4 is 11.5 Å². The molecule has 15 heavy (non-hydrogen) atoms. The Morgan fingerprint density at radius 1 is 1.53 bits per heavy atom. The number of nitrogens with zero attached hydrogens (tertiary/aromatic N) is 4. The van der Waals surface area contributed by atoms with Crippen molar-refractivity contribution in [3.63, 3.8) is 0 Å². The second-order valence-corrected chi connectivity index (χ2v) is 4.08. The molecule has 0 aromatic carbocycles. The molecule has 0 saturated carbocycles. The van der Waals surface area contributed by atoms with Gasteiger partial charge in [-0.15, -0.1) is 5.10 Å². The molecule has 0 saturated heterocycles. The summed E-state index contributed by atoms with van der Waals surface area (Å²) in [6.45, 7) is 2.96. The molecule has 2 heterocycles. The maximum Gasteiger partial charge on any atom is 0.119 e. The summed E-state index contributed by atoms with van der Waals surface area (Å²) < 4.78 is 5.54. The van der Waals surface area contributed by atoms with Gasteiger partial charge in [0.2, 0.25) is 0 Å². The van der Waals surface area contributed by atoms with Crippen LogP contribution < -0.4 is 0 Å². The van der Waals surface area contributed by atoms with Gasteiger partial charge in [0.05, 0.1) is 17.3 Å². The molecule has 2 aromatic rings. The fourth-order valence-electron chi connectivity index (χ4n) is 1.33. The van der Waals surface area contributed by atoms with Crippen molar-refractivity contribution in [2.45, 2.75) is 26.0 Å². The predicted octanol–water partition coefficient (Wildman–Crippen LogP) is 1.23. The highest BCUT2D eigenvalue weighted by atomic mass is 32.1. The van der Waals surface area contributed by atoms with E-state index in [0.29, 0.717) is 0 Å². The van der Waals surface area contributed by atoms with E-state index in [1.807, 2.05) is 10.9 Å². The zero-order chi connectivity index (χ0) is 10.7. The average Bonchev–Trinajstić information content (AvgIpc) is 2.87. The van der Waals surface area contributed by atoms with Crippen molar-refractivity contribution in [2.24, 2.45) is 0 Å². The van der Waals surface area contributed by atoms with Crippen molar-refractivity contribution in [3.05, 3.63) is 29.0 Å². The summed E-state index contributed by atoms with van der Waals surface area (Å²) in [5.41, 5.74) is 0.787. The molecule has 1 unspecified atom stereocenters. The van der Waals surface area contributed by atoms with Crippen molar-refractivity contribution in [3.8, 4) is 0 Å². The molecule has 0 spiro atoms. The SMILES string of the molecule is CCCn1cc(C(O)c2cnns2)cn1. The van der Waals surface area contributed by atoms with Crippen LogP contribution in [0.1, 0.15) is 29.9 Å². The summed E-state index contributed by atoms with van der Waals surface area (Å²) in [5.74, 6) is 0. The summed E-state index contributed by atoms with van der Waals surface area (Å²) >= 11 is 1.20. The van der Waals surface area contributed by atoms with Gasteiger partial charge < -0.3 is 5.11 Å². The molecule has 2 rings (SSSR count). The van der Waals surface area contributed by atoms with Crippen molar-refractivity contribution in [2.75, 3.05) is 0 Å². The fraction of sp³-hybridized carbons (Fsp3) is 0.444. The molecule has 5 nitrogen and oxygen atoms in total. The minimum atomic E-state index is -0.657. The van der Waals surface area contributed by atoms with Crippen molar-refractivity contribution < 1.29 is 5.11 Å². The molecule has 6 heteroatoms. The minimum absolute atomic E-state index is 0.657. The first-order valence-electron chi connectivity index (χ1n) is 4.79. The summed E-state index contributed by atoms with van der Waals surface area (Å²) in [6, 6.07) is 0. The summed E-state index contributed by atoms with van der Waals surface area (Å²) in [5, 5.41) is 17.8. The van der Waals surface area contributed by atoms with Crippen LogP contribution in [0.15, 0.2) is 18.6 Å². The van der Waals surface area contributed by atoms with Gasteiger partial charge >= 0.3 is 0 Å². The van der Waals surface area contributed by atoms with Gasteiger partial charge in [-0.05, 0) is 18.0 Å². The molecule has 80 valence electrons. The highest BCUT2D eigenvalue weighted by Gasteiger charge is 2.14. The Labute approximate surface area is 91.5 Å². The van der Waals surface area contributed by atoms with E-state index in [0.717, 1.165) is 23.4 Å². The van der Waals surface area contributed by atoms with Gasteiger partial charge in [0.1, 0.15) is 6.10 Å². The van der Waals surface area contributed by atoms with E-state index in [4.69, 9.17) is 0 Å². The number of aromatic nitrogens is 4. The summed E-state index contributed by atoms with van der Waals surface area (Å²) in [6.07, 6.45) is 5.48. The van der Waals surface area contributed by atoms with E-state index in [1.54, 1.807) is 12.4 Å². The molecule has 1 atom stereocenters. The standard InChI is InChI=1S/C9H12N4OS/c1-2-3-13-6-7(4-11-13)9(14)8-5-10-12-15-8/h4-6,9,14H,2-3H2,1H3. The third-order valence-corrected chi connectivity index (χ3v) is 2.78. The monoisotopic (exact) mass is 224 g/mol. The lowest BCUT2D eigenvalue weighted by molar-refractivity contribution is 0.224. The van der Waals surface area contributed by atoms with E-state index in [9.17, 15) is 5.11 Å². The van der Waals surface area contributed by atoms with E-state index < -0.39 is 6.10 Å². The molecule has 0 radical (unpaired) electrons. The van der Waals surface area contributed by atoms with Crippen LogP contribution in [-0.2, 0) is 6.54 Å². The molecule has 0 aliphatic heterocycles. The first-order valence-corrected chi connectivity index (χ1v) is 5.56. The van der Waals surface area contributed by atoms with E-state index in [2.05, 4.69) is 21.6 Å². The smallest absolute Gasteiger partial charge is 0.119 e. The molecule has 0 aliphatic carbocycles. The summed E-state index contributed by atoms with van der Waals surface area (Å²) in [7, 11) is 0. The van der Waals surface area contributed by atoms with Crippen LogP contribution in [0.3, 0.4) is 0 Å². The Morgan fingerprint density at radius 3 is 3.07 bits per heavy atom. The first-order chi connectivity index (χ1) is 7.31. The van der Waals surface area contributed by atoms with Gasteiger partial charge in [0.25, 0.3) is 0 Å². The Balaban J connectivity index is 2.15. The van der Waals surface area contributed by atoms with Crippen molar-refractivity contribution in [1.29, 1.82) is 0 Å². The maximum atomic E-state index is 9.94. The number of aliphatic hydroxyl groups is 1. The lowest BCUT2D eigenvalue weighted by atomic mass is 10.2. The lowest BCUT2D eigenvalue weighted by Crippen LogP contribution is -1.97. The third-order valence-electron chi connectivity index (χ3n) is 2.07. The quantitative estimate of drug-likeness (QED) is 0.848. The highest BCUT2D eigenvalue weighted by Crippen LogP contribution is 2.22. The molecule has 0 fully saturated rings. The largest absolute Gasteiger partial charge is 0.383 e. The molecule has 2 aromatic heterocycles. The molecular formula is C9H12N4OS. The van der Waals surface area contributed by atoms with Gasteiger partial charge in [0, 0.05) is 18.3 Å². The third kappa shape index (κ3) is 2.21. The van der Waals surface area contributed by atoms with Gasteiger partial charge in [-0.1, -0.05) is 11.4 Å². The number of aliphatic hydroxyl groups excluding tert-OH is 1. The second-order valence-electron chi connectivity index (χ2n) is 3.26. The van der Waals surface area contributed by atoms with Crippen LogP contribution >= 0.6 is 11.5 Å². The Bertz CT molecular complexity index is 411. The Morgan fingerprint density at radius 2 is 2.40 bits per heavy atom. The highest BCUT2D eigenvalue weighted by molar-refractivity contribution is 7.05. The maximum absolute atomic E-state index is 9.94. The van der Waals surface area contributed by atoms with Gasteiger partial charge in [-0.3, -0.25) is 4.68 Å². The first kappa shape index (κ1) is 10.3. The Hall–Kier alpha value is -1.27. The second kappa shape index (κ2) is 4.50. The number of hydrogen-bond donors (Lipinski definition) is 1. The topological polar surface area (TPSA) is 63.8 Å². The van der Waals surface area contributed by atoms with E-state index >= 15 is 0 Å². The molecule has 1 N–H and O–H groups in total. The lowest BCUT2D eigenvalue weighted by Gasteiger charge is -2.02. The normalized spacial score (nSPS) is 12.9. The minimum Gasteiger partial charge on any atom is -0.383 e. The van der Waals surface area contributed by atoms with Crippen LogP contribution in [0.25, 0.3) is 0 Å². The van der Waals surface area contributed by atoms with Crippen LogP contribution in [0.5, 0.6) is 0 Å². The molecule has 0 bridgehead atoms. The Kier molecular flexibility index (Phi) is 3.08. The van der Waals surface area contributed by atoms with Crippen LogP contribution in [0.4, 0.5) is 0 Å². The number of aryl methyl sites for hydroxylation is 1. The van der Waals surface area contributed by atoms with E-state index in [-0.39, 0.29) is 0 Å². The van der Waals surface area contributed by atoms with Gasteiger partial charge in [0.15, 0.2) is 0 Å². The zero-order valence-electron chi connectivity index (χ0n) is 8.37. The molecule has 0 amide bonds. The fourth-order valence-corrected chi connectivity index (χ4v) is 1.85. The van der Waals surface area contributed by atoms with Crippen LogP contribution in [-0.4, -0.2) is 24.5 Å². The molecule has 0 aliphatic rings. The van der Waals surface area contributed by atoms with Crippen LogP contribution in [0, 0.1) is 0 Å². The van der Waals surface area contributed by atoms with Gasteiger partial charge in [-0.2, -0.15) is 5.10 Å². The number of rotatable bonds is 4. The summed E-state index contributed by atoms with van der Waals surface area (Å²) in [4.78, 5) is 0.742. The number of hydrogen-bond acceptors (Lipinski definition) is 5. The van der Waals surface area contributed by atoms with Crippen LogP contribution in [0.2, 0.25) is 0 Å².